The van der Waals surface area contributed by atoms with Crippen LogP contribution in [0.5, 0.6) is 0 Å². The number of carboxylic acid groups (broad SMARTS) is 1. The first-order chi connectivity index (χ1) is 36.7. The normalized spacial score (nSPS) is 15.2. The fraction of sp³-hybridized carbons (Fsp3) is 0.484. The molecule has 0 atom stereocenters. The summed E-state index contributed by atoms with van der Waals surface area (Å²) in [7, 11) is 4.80. The van der Waals surface area contributed by atoms with Crippen LogP contribution in [-0.2, 0) is 45.0 Å². The largest absolute Gasteiger partial charge is 1.00 e. The minimum atomic E-state index is -1.18. The van der Waals surface area contributed by atoms with E-state index in [1.807, 2.05) is 76.8 Å². The topological polar surface area (TPSA) is 235 Å². The quantitative estimate of drug-likeness (QED) is 0.0272. The van der Waals surface area contributed by atoms with Crippen LogP contribution in [0, 0.1) is 11.3 Å². The third-order valence-electron chi connectivity index (χ3n) is 14.0. The van der Waals surface area contributed by atoms with Gasteiger partial charge in [0.2, 0.25) is 0 Å². The average molecular weight is 1390 g/mol. The summed E-state index contributed by atoms with van der Waals surface area (Å²) in [6.45, 7) is 11.2. The molecule has 3 saturated carbocycles. The number of hydrogen-bond donors (Lipinski definition) is 1. The van der Waals surface area contributed by atoms with Crippen LogP contribution >= 0.6 is 54.5 Å². The Bertz CT molecular complexity index is 2790. The van der Waals surface area contributed by atoms with Gasteiger partial charge in [0.15, 0.2) is 0 Å². The Morgan fingerprint density at radius 3 is 1.45 bits per heavy atom. The van der Waals surface area contributed by atoms with Crippen molar-refractivity contribution in [3.05, 3.63) is 139 Å². The summed E-state index contributed by atoms with van der Waals surface area (Å²) in [5, 5.41) is 23.6. The van der Waals surface area contributed by atoms with E-state index in [9.17, 15) is 39.1 Å². The van der Waals surface area contributed by atoms with E-state index in [2.05, 4.69) is 64.8 Å². The van der Waals surface area contributed by atoms with Crippen molar-refractivity contribution >= 4 is 96.2 Å². The minimum absolute atomic E-state index is 0. The second-order valence-electron chi connectivity index (χ2n) is 22.1. The van der Waals surface area contributed by atoms with E-state index in [0.29, 0.717) is 34.1 Å². The molecule has 0 spiro atoms. The number of benzene rings is 3. The molecule has 2 N–H and O–H groups in total. The van der Waals surface area contributed by atoms with Crippen LogP contribution in [-0.4, -0.2) is 88.4 Å². The Morgan fingerprint density at radius 1 is 0.695 bits per heavy atom. The number of nitrogens with one attached hydrogen (secondary N) is 1. The van der Waals surface area contributed by atoms with Crippen molar-refractivity contribution in [1.82, 2.24) is 15.2 Å². The molecule has 1 heterocycles. The fourth-order valence-corrected chi connectivity index (χ4v) is 11.4. The van der Waals surface area contributed by atoms with Crippen molar-refractivity contribution in [3.8, 4) is 6.07 Å². The number of pyridine rings is 1. The van der Waals surface area contributed by atoms with Crippen molar-refractivity contribution in [2.45, 2.75) is 166 Å². The van der Waals surface area contributed by atoms with Crippen LogP contribution in [0.15, 0.2) is 99.6 Å². The number of nitrogens with zero attached hydrogens (tertiary/aromatic N) is 3. The van der Waals surface area contributed by atoms with Crippen LogP contribution < -0.4 is 69.5 Å². The number of nitriles is 1. The molecule has 4 aromatic rings. The number of carbonyl (C=O) groups excluding carboxylic acids is 6. The zero-order valence-corrected chi connectivity index (χ0v) is 58.4. The van der Waals surface area contributed by atoms with E-state index in [0.717, 1.165) is 98.2 Å². The summed E-state index contributed by atoms with van der Waals surface area (Å²) in [6, 6.07) is 25.3. The fourth-order valence-electron chi connectivity index (χ4n) is 10.3. The molecule has 1 aromatic heterocycles. The number of rotatable bonds is 13. The maximum atomic E-state index is 13.0. The Balaban J connectivity index is 0.00000117. The summed E-state index contributed by atoms with van der Waals surface area (Å²) < 4.78 is 17.2. The number of carboxylic acids is 1. The molecule has 3 fully saturated rings. The smallest absolute Gasteiger partial charge is 0.870 e. The number of hydrogen-bond acceptors (Lipinski definition) is 13. The first-order valence-corrected chi connectivity index (χ1v) is 29.9. The predicted molar refractivity (Wildman–Crippen MR) is 324 cm³/mol. The van der Waals surface area contributed by atoms with Crippen LogP contribution in [0.4, 0.5) is 0 Å². The number of methoxy groups -OCH3 is 1. The van der Waals surface area contributed by atoms with Crippen molar-refractivity contribution in [2.24, 2.45) is 0 Å². The number of esters is 3. The summed E-state index contributed by atoms with van der Waals surface area (Å²) >= 11 is 8.90. The molecule has 20 heteroatoms. The van der Waals surface area contributed by atoms with Gasteiger partial charge in [0, 0.05) is 45.6 Å². The standard InChI is InChI=1S/C23H22Br2N4O2.C19H26O4.C18H24O4.CH3I.CH4.2Na.H2O/c1-29(2)22(31)15-5-7-17(8-6-15)23(9-3-4-10-23)28-21(30)16(13-26)11-20-19(25)12-18(24)14-27-20;1-18(2,3)23-16(20)13-19(11-5-6-12-19)15-9-7-14(8-10-15)17(21)22-4;1-17(2,3)22-15(19)12-18(10-4-5-11-18)14-8-6-13(7-9-14)16(20)21;1-2;;;;/h5-8,11-12,14H,3-4,9-10H2,1-2H3,(H,28,30);7-10H,5-6,11-13H2,1-4H3;6-9H,4-5,10-12H2,1-3H3,(H,20,21);1H3;1H4;;;1H2/q;;;;;2*+1;/p-2/b16-11+;;;;;;;. The van der Waals surface area contributed by atoms with Gasteiger partial charge in [-0.15, -0.1) is 0 Å². The summed E-state index contributed by atoms with van der Waals surface area (Å²) in [5.41, 5.74) is 2.92. The molecular weight excluding hydrogens is 1310 g/mol. The second kappa shape index (κ2) is 35.8. The van der Waals surface area contributed by atoms with Gasteiger partial charge in [-0.1, -0.05) is 117 Å². The molecule has 7 rings (SSSR count). The molecule has 15 nitrogen and oxygen atoms in total. The maximum absolute atomic E-state index is 13.0. The minimum Gasteiger partial charge on any atom is -0.870 e. The van der Waals surface area contributed by atoms with E-state index in [-0.39, 0.29) is 118 Å². The van der Waals surface area contributed by atoms with Gasteiger partial charge in [-0.25, -0.2) is 4.79 Å². The van der Waals surface area contributed by atoms with Gasteiger partial charge in [-0.3, -0.25) is 24.2 Å². The van der Waals surface area contributed by atoms with Crippen LogP contribution in [0.3, 0.4) is 0 Å². The van der Waals surface area contributed by atoms with Gasteiger partial charge in [0.05, 0.1) is 42.7 Å². The molecule has 82 heavy (non-hydrogen) atoms. The monoisotopic (exact) mass is 1390 g/mol. The molecule has 2 amide bonds. The molecule has 0 radical (unpaired) electrons. The predicted octanol–water partition coefficient (Wildman–Crippen LogP) is 6.93. The second-order valence-corrected chi connectivity index (χ2v) is 23.9. The van der Waals surface area contributed by atoms with Crippen molar-refractivity contribution in [3.63, 3.8) is 0 Å². The number of halogens is 3. The third kappa shape index (κ3) is 23.1. The zero-order valence-electron chi connectivity index (χ0n) is 49.1. The SMILES string of the molecule is C.CC(C)(C)OC(=O)CC1(c2ccc(C(=O)[O-])cc2)CCCC1.CI.CN(C)C(=O)c1ccc(C2(NC(=O)/C(C#N)=C/c3ncc(Br)cc3Br)CCCC2)cc1.COC(=O)c1ccc(C2(CC(=O)OC(C)(C)C)CCCC2)cc1.[Na+].[Na+].[OH-]. The summed E-state index contributed by atoms with van der Waals surface area (Å²) in [4.78, 5) is 80.0. The van der Waals surface area contributed by atoms with Crippen LogP contribution in [0.1, 0.15) is 192 Å². The Kier molecular flexibility index (Phi) is 34.3. The van der Waals surface area contributed by atoms with Gasteiger partial charge >= 0.3 is 77.0 Å². The molecule has 3 aromatic carbocycles. The Hall–Kier alpha value is -3.49. The number of alkyl halides is 1. The summed E-state index contributed by atoms with van der Waals surface area (Å²) in [5.74, 6) is -2.38. The van der Waals surface area contributed by atoms with Crippen LogP contribution in [0.25, 0.3) is 6.08 Å². The number of aromatic nitrogens is 1. The number of ether oxygens (including phenoxy) is 3. The number of aromatic carboxylic acids is 1. The van der Waals surface area contributed by atoms with E-state index in [4.69, 9.17) is 14.2 Å². The Labute approximate surface area is 560 Å². The Morgan fingerprint density at radius 2 is 1.09 bits per heavy atom. The number of amides is 2. The van der Waals surface area contributed by atoms with Gasteiger partial charge in [-0.05, 0) is 176 Å². The number of carbonyl (C=O) groups is 6. The molecular formula is C62H79Br2IN4Na2O11. The average Bonchev–Trinajstić information content (AvgIpc) is 4.19. The molecule has 0 bridgehead atoms. The van der Waals surface area contributed by atoms with Gasteiger partial charge in [0.25, 0.3) is 11.8 Å². The van der Waals surface area contributed by atoms with Gasteiger partial charge in [-0.2, -0.15) is 5.26 Å². The van der Waals surface area contributed by atoms with Gasteiger partial charge in [0.1, 0.15) is 22.8 Å². The van der Waals surface area contributed by atoms with Crippen molar-refractivity contribution in [2.75, 3.05) is 26.1 Å². The molecule has 0 aliphatic heterocycles. The molecule has 436 valence electrons. The van der Waals surface area contributed by atoms with Crippen molar-refractivity contribution < 1.29 is 113 Å². The van der Waals surface area contributed by atoms with Crippen LogP contribution in [0.2, 0.25) is 0 Å². The first-order valence-electron chi connectivity index (χ1n) is 26.1. The zero-order chi connectivity index (χ0) is 58.1. The van der Waals surface area contributed by atoms with E-state index >= 15 is 0 Å². The van der Waals surface area contributed by atoms with E-state index in [1.165, 1.54) is 18.1 Å². The summed E-state index contributed by atoms with van der Waals surface area (Å²) in [6.07, 6.45) is 15.5. The van der Waals surface area contributed by atoms with E-state index < -0.39 is 28.6 Å². The molecule has 3 aliphatic rings. The maximum Gasteiger partial charge on any atom is 1.00 e. The molecule has 0 saturated heterocycles. The third-order valence-corrected chi connectivity index (χ3v) is 15.0. The molecule has 3 aliphatic carbocycles. The molecule has 0 unspecified atom stereocenters. The van der Waals surface area contributed by atoms with Crippen molar-refractivity contribution in [1.29, 1.82) is 5.26 Å². The van der Waals surface area contributed by atoms with E-state index in [1.54, 1.807) is 74.9 Å². The van der Waals surface area contributed by atoms with Gasteiger partial charge < -0.3 is 39.8 Å². The first kappa shape index (κ1) is 78.5.